The van der Waals surface area contributed by atoms with Crippen LogP contribution in [0.25, 0.3) is 0 Å². The summed E-state index contributed by atoms with van der Waals surface area (Å²) in [6.45, 7) is -0.282. The molecule has 1 N–H and O–H groups in total. The first kappa shape index (κ1) is 13.6. The zero-order valence-corrected chi connectivity index (χ0v) is 10.3. The van der Waals surface area contributed by atoms with Gasteiger partial charge in [-0.1, -0.05) is 0 Å². The largest absolute Gasteiger partial charge is 0.325 e. The molecule has 0 fully saturated rings. The molecule has 1 amide bonds. The number of carbonyl (C=O) groups excluding carboxylic acids is 1. The van der Waals surface area contributed by atoms with Gasteiger partial charge in [-0.25, -0.2) is 12.8 Å². The van der Waals surface area contributed by atoms with Crippen LogP contribution in [0.2, 0.25) is 0 Å². The second kappa shape index (κ2) is 5.24. The van der Waals surface area contributed by atoms with Crippen molar-refractivity contribution in [3.63, 3.8) is 0 Å². The Kier molecular flexibility index (Phi) is 4.19. The molecule has 1 aromatic rings. The van der Waals surface area contributed by atoms with Crippen LogP contribution in [0.3, 0.4) is 0 Å². The maximum Gasteiger partial charge on any atom is 0.239 e. The fourth-order valence-electron chi connectivity index (χ4n) is 1.05. The lowest BCUT2D eigenvalue weighted by Crippen LogP contribution is -2.34. The zero-order chi connectivity index (χ0) is 13.1. The summed E-state index contributed by atoms with van der Waals surface area (Å²) in [6.07, 6.45) is 1.01. The average Bonchev–Trinajstić information content (AvgIpc) is 2.20. The number of nitrogens with one attached hydrogen (secondary N) is 1. The third kappa shape index (κ3) is 4.49. The SMILES string of the molecule is CN(CC(=O)Nc1ccc(F)cc1)S(C)(=O)=O. The summed E-state index contributed by atoms with van der Waals surface area (Å²) in [5, 5.41) is 2.46. The molecule has 94 valence electrons. The summed E-state index contributed by atoms with van der Waals surface area (Å²) in [6, 6.07) is 5.20. The van der Waals surface area contributed by atoms with Crippen molar-refractivity contribution < 1.29 is 17.6 Å². The monoisotopic (exact) mass is 260 g/mol. The van der Waals surface area contributed by atoms with E-state index in [0.29, 0.717) is 5.69 Å². The normalized spacial score (nSPS) is 11.5. The predicted molar refractivity (Wildman–Crippen MR) is 62.5 cm³/mol. The third-order valence-corrected chi connectivity index (χ3v) is 3.32. The first-order valence-corrected chi connectivity index (χ1v) is 6.60. The van der Waals surface area contributed by atoms with Crippen LogP contribution in [-0.4, -0.2) is 38.5 Å². The van der Waals surface area contributed by atoms with E-state index in [2.05, 4.69) is 5.32 Å². The van der Waals surface area contributed by atoms with Gasteiger partial charge >= 0.3 is 0 Å². The lowest BCUT2D eigenvalue weighted by Gasteiger charge is -2.13. The van der Waals surface area contributed by atoms with Crippen LogP contribution in [0.1, 0.15) is 0 Å². The standard InChI is InChI=1S/C10H13FN2O3S/c1-13(17(2,15)16)7-10(14)12-9-5-3-8(11)4-6-9/h3-6H,7H2,1-2H3,(H,12,14). The van der Waals surface area contributed by atoms with Crippen LogP contribution in [0, 0.1) is 5.82 Å². The van der Waals surface area contributed by atoms with Gasteiger partial charge in [-0.05, 0) is 24.3 Å². The number of anilines is 1. The van der Waals surface area contributed by atoms with E-state index in [9.17, 15) is 17.6 Å². The number of hydrogen-bond acceptors (Lipinski definition) is 3. The van der Waals surface area contributed by atoms with Crippen molar-refractivity contribution in [2.45, 2.75) is 0 Å². The van der Waals surface area contributed by atoms with Crippen LogP contribution in [0.4, 0.5) is 10.1 Å². The maximum absolute atomic E-state index is 12.6. The summed E-state index contributed by atoms with van der Waals surface area (Å²) in [5.41, 5.74) is 0.415. The Morgan fingerprint density at radius 3 is 2.35 bits per heavy atom. The van der Waals surface area contributed by atoms with Crippen molar-refractivity contribution in [3.8, 4) is 0 Å². The van der Waals surface area contributed by atoms with Gasteiger partial charge in [0.1, 0.15) is 5.82 Å². The number of halogens is 1. The van der Waals surface area contributed by atoms with E-state index >= 15 is 0 Å². The van der Waals surface area contributed by atoms with Crippen molar-refractivity contribution in [2.75, 3.05) is 25.2 Å². The van der Waals surface area contributed by atoms with E-state index in [0.717, 1.165) is 10.6 Å². The number of sulfonamides is 1. The molecule has 0 saturated heterocycles. The molecule has 0 aromatic heterocycles. The minimum atomic E-state index is -3.38. The molecule has 7 heteroatoms. The summed E-state index contributed by atoms with van der Waals surface area (Å²) in [7, 11) is -2.08. The first-order valence-electron chi connectivity index (χ1n) is 4.76. The molecule has 0 bridgehead atoms. The Morgan fingerprint density at radius 1 is 1.35 bits per heavy atom. The quantitative estimate of drug-likeness (QED) is 0.864. The maximum atomic E-state index is 12.6. The van der Waals surface area contributed by atoms with Gasteiger partial charge in [0.25, 0.3) is 0 Å². The molecule has 0 unspecified atom stereocenters. The third-order valence-electron chi connectivity index (χ3n) is 2.06. The summed E-state index contributed by atoms with van der Waals surface area (Å²) < 4.78 is 35.6. The number of amides is 1. The van der Waals surface area contributed by atoms with Crippen LogP contribution in [0.5, 0.6) is 0 Å². The van der Waals surface area contributed by atoms with Crippen molar-refractivity contribution in [2.24, 2.45) is 0 Å². The average molecular weight is 260 g/mol. The molecule has 0 saturated carbocycles. The molecule has 0 aliphatic carbocycles. The highest BCUT2D eigenvalue weighted by atomic mass is 32.2. The zero-order valence-electron chi connectivity index (χ0n) is 9.47. The van der Waals surface area contributed by atoms with Gasteiger partial charge in [0.15, 0.2) is 0 Å². The van der Waals surface area contributed by atoms with E-state index in [1.807, 2.05) is 0 Å². The van der Waals surface area contributed by atoms with Crippen molar-refractivity contribution in [1.29, 1.82) is 0 Å². The number of nitrogens with zero attached hydrogens (tertiary/aromatic N) is 1. The smallest absolute Gasteiger partial charge is 0.239 e. The number of likely N-dealkylation sites (N-methyl/N-ethyl adjacent to an activating group) is 1. The molecule has 0 heterocycles. The summed E-state index contributed by atoms with van der Waals surface area (Å²) >= 11 is 0. The van der Waals surface area contributed by atoms with Crippen molar-refractivity contribution in [3.05, 3.63) is 30.1 Å². The van der Waals surface area contributed by atoms with Crippen LogP contribution in [-0.2, 0) is 14.8 Å². The second-order valence-corrected chi connectivity index (χ2v) is 5.66. The molecule has 0 radical (unpaired) electrons. The lowest BCUT2D eigenvalue weighted by molar-refractivity contribution is -0.116. The summed E-state index contributed by atoms with van der Waals surface area (Å²) in [5.74, 6) is -0.888. The van der Waals surface area contributed by atoms with Gasteiger partial charge in [-0.15, -0.1) is 0 Å². The van der Waals surface area contributed by atoms with Gasteiger partial charge in [0.2, 0.25) is 15.9 Å². The van der Waals surface area contributed by atoms with Crippen LogP contribution >= 0.6 is 0 Å². The van der Waals surface area contributed by atoms with E-state index < -0.39 is 21.7 Å². The molecule has 1 rings (SSSR count). The Bertz CT molecular complexity index is 499. The van der Waals surface area contributed by atoms with Crippen LogP contribution < -0.4 is 5.32 Å². The topological polar surface area (TPSA) is 66.5 Å². The van der Waals surface area contributed by atoms with Crippen molar-refractivity contribution >= 4 is 21.6 Å². The Balaban J connectivity index is 2.59. The van der Waals surface area contributed by atoms with Crippen molar-refractivity contribution in [1.82, 2.24) is 4.31 Å². The van der Waals surface area contributed by atoms with Gasteiger partial charge in [0.05, 0.1) is 12.8 Å². The fourth-order valence-corrected chi connectivity index (χ4v) is 1.40. The molecule has 0 atom stereocenters. The Hall–Kier alpha value is -1.47. The highest BCUT2D eigenvalue weighted by Gasteiger charge is 2.14. The Morgan fingerprint density at radius 2 is 1.88 bits per heavy atom. The second-order valence-electron chi connectivity index (χ2n) is 3.57. The molecule has 5 nitrogen and oxygen atoms in total. The first-order chi connectivity index (χ1) is 7.79. The predicted octanol–water partition coefficient (Wildman–Crippen LogP) is 0.656. The minimum Gasteiger partial charge on any atom is -0.325 e. The van der Waals surface area contributed by atoms with E-state index in [4.69, 9.17) is 0 Å². The van der Waals surface area contributed by atoms with Gasteiger partial charge in [-0.2, -0.15) is 4.31 Å². The Labute approximate surface area is 99.3 Å². The van der Waals surface area contributed by atoms with E-state index in [-0.39, 0.29) is 6.54 Å². The van der Waals surface area contributed by atoms with Gasteiger partial charge in [-0.3, -0.25) is 4.79 Å². The van der Waals surface area contributed by atoms with Gasteiger partial charge in [0, 0.05) is 12.7 Å². The molecule has 1 aromatic carbocycles. The molecule has 0 aliphatic heterocycles. The van der Waals surface area contributed by atoms with Crippen LogP contribution in [0.15, 0.2) is 24.3 Å². The number of benzene rings is 1. The fraction of sp³-hybridized carbons (Fsp3) is 0.300. The molecular formula is C10H13FN2O3S. The lowest BCUT2D eigenvalue weighted by atomic mass is 10.3. The number of carbonyl (C=O) groups is 1. The number of rotatable bonds is 4. The molecule has 0 spiro atoms. The summed E-state index contributed by atoms with van der Waals surface area (Å²) in [4.78, 5) is 11.4. The highest BCUT2D eigenvalue weighted by molar-refractivity contribution is 7.88. The molecular weight excluding hydrogens is 247 g/mol. The number of hydrogen-bond donors (Lipinski definition) is 1. The van der Waals surface area contributed by atoms with E-state index in [1.54, 1.807) is 0 Å². The highest BCUT2D eigenvalue weighted by Crippen LogP contribution is 2.08. The van der Waals surface area contributed by atoms with E-state index in [1.165, 1.54) is 31.3 Å². The molecule has 17 heavy (non-hydrogen) atoms. The van der Waals surface area contributed by atoms with Gasteiger partial charge < -0.3 is 5.32 Å². The minimum absolute atomic E-state index is 0.282. The molecule has 0 aliphatic rings.